The fraction of sp³-hybridized carbons (Fsp3) is 0.562. The first-order chi connectivity index (χ1) is 9.48. The maximum absolute atomic E-state index is 11.1. The van der Waals surface area contributed by atoms with Crippen LogP contribution in [-0.2, 0) is 4.79 Å². The first-order valence-electron chi connectivity index (χ1n) is 7.23. The minimum Gasteiger partial charge on any atom is -0.326 e. The molecular formula is C16H24N2OS. The second-order valence-corrected chi connectivity index (χ2v) is 7.49. The zero-order valence-corrected chi connectivity index (χ0v) is 13.3. The topological polar surface area (TPSA) is 41.1 Å². The number of nitrogens with one attached hydrogen (secondary N) is 2. The first-order valence-corrected chi connectivity index (χ1v) is 8.22. The monoisotopic (exact) mass is 292 g/mol. The van der Waals surface area contributed by atoms with E-state index in [4.69, 9.17) is 0 Å². The summed E-state index contributed by atoms with van der Waals surface area (Å²) in [6.07, 6.45) is 2.62. The maximum atomic E-state index is 11.1. The minimum atomic E-state index is -0.0300. The third kappa shape index (κ3) is 4.25. The number of benzene rings is 1. The largest absolute Gasteiger partial charge is 0.326 e. The first kappa shape index (κ1) is 15.4. The van der Waals surface area contributed by atoms with Crippen molar-refractivity contribution in [1.29, 1.82) is 0 Å². The Kier molecular flexibility index (Phi) is 5.11. The van der Waals surface area contributed by atoms with Gasteiger partial charge in [-0.3, -0.25) is 4.79 Å². The van der Waals surface area contributed by atoms with Crippen molar-refractivity contribution < 1.29 is 4.79 Å². The number of carbonyl (C=O) groups is 1. The van der Waals surface area contributed by atoms with Crippen molar-refractivity contribution >= 4 is 23.4 Å². The predicted molar refractivity (Wildman–Crippen MR) is 87.3 cm³/mol. The van der Waals surface area contributed by atoms with Crippen LogP contribution in [0.5, 0.6) is 0 Å². The van der Waals surface area contributed by atoms with E-state index in [2.05, 4.69) is 42.3 Å². The molecule has 110 valence electrons. The van der Waals surface area contributed by atoms with Crippen molar-refractivity contribution in [2.45, 2.75) is 44.4 Å². The molecular weight excluding hydrogens is 268 g/mol. The van der Waals surface area contributed by atoms with Gasteiger partial charge in [0.2, 0.25) is 5.91 Å². The molecule has 1 aromatic rings. The molecule has 1 saturated heterocycles. The van der Waals surface area contributed by atoms with Crippen LogP contribution < -0.4 is 10.6 Å². The highest BCUT2D eigenvalue weighted by molar-refractivity contribution is 8.00. The van der Waals surface area contributed by atoms with Gasteiger partial charge in [-0.05, 0) is 50.1 Å². The van der Waals surface area contributed by atoms with Gasteiger partial charge >= 0.3 is 0 Å². The van der Waals surface area contributed by atoms with Crippen LogP contribution in [0.15, 0.2) is 24.3 Å². The average molecular weight is 292 g/mol. The number of rotatable bonds is 5. The molecule has 1 aromatic carbocycles. The van der Waals surface area contributed by atoms with Gasteiger partial charge in [0.1, 0.15) is 0 Å². The fourth-order valence-corrected chi connectivity index (χ4v) is 3.81. The number of carbonyl (C=O) groups excluding carboxylic acids is 1. The second-order valence-electron chi connectivity index (χ2n) is 5.81. The van der Waals surface area contributed by atoms with Gasteiger partial charge in [-0.25, -0.2) is 0 Å². The summed E-state index contributed by atoms with van der Waals surface area (Å²) in [7, 11) is 0. The summed E-state index contributed by atoms with van der Waals surface area (Å²) in [5, 5.41) is 6.46. The van der Waals surface area contributed by atoms with E-state index >= 15 is 0 Å². The Morgan fingerprint density at radius 1 is 1.50 bits per heavy atom. The molecule has 1 amide bonds. The van der Waals surface area contributed by atoms with Crippen LogP contribution in [0.3, 0.4) is 0 Å². The molecule has 2 rings (SSSR count). The highest BCUT2D eigenvalue weighted by atomic mass is 32.2. The minimum absolute atomic E-state index is 0.0300. The highest BCUT2D eigenvalue weighted by Crippen LogP contribution is 2.37. The Morgan fingerprint density at radius 2 is 2.30 bits per heavy atom. The van der Waals surface area contributed by atoms with Gasteiger partial charge in [-0.1, -0.05) is 12.1 Å². The predicted octanol–water partition coefficient (Wildman–Crippen LogP) is 3.58. The van der Waals surface area contributed by atoms with E-state index < -0.39 is 0 Å². The Balaban J connectivity index is 1.94. The second kappa shape index (κ2) is 6.64. The summed E-state index contributed by atoms with van der Waals surface area (Å²) in [5.41, 5.74) is 2.08. The van der Waals surface area contributed by atoms with E-state index in [1.807, 2.05) is 18.2 Å². The summed E-state index contributed by atoms with van der Waals surface area (Å²) in [6, 6.07) is 8.36. The molecule has 1 heterocycles. The van der Waals surface area contributed by atoms with Crippen molar-refractivity contribution in [1.82, 2.24) is 5.32 Å². The molecule has 4 heteroatoms. The number of hydrogen-bond donors (Lipinski definition) is 2. The van der Waals surface area contributed by atoms with Crippen molar-refractivity contribution in [3.63, 3.8) is 0 Å². The summed E-state index contributed by atoms with van der Waals surface area (Å²) in [6.45, 7) is 7.09. The van der Waals surface area contributed by atoms with Crippen LogP contribution >= 0.6 is 11.8 Å². The third-order valence-electron chi connectivity index (χ3n) is 3.79. The Morgan fingerprint density at radius 3 is 2.95 bits per heavy atom. The Labute approximate surface area is 125 Å². The molecule has 0 aromatic heterocycles. The molecule has 1 fully saturated rings. The zero-order chi connectivity index (χ0) is 14.6. The van der Waals surface area contributed by atoms with E-state index in [1.54, 1.807) is 0 Å². The van der Waals surface area contributed by atoms with Crippen molar-refractivity contribution in [2.24, 2.45) is 0 Å². The molecule has 2 unspecified atom stereocenters. The molecule has 1 aliphatic heterocycles. The lowest BCUT2D eigenvalue weighted by atomic mass is 10.0. The Hall–Kier alpha value is -1.00. The lowest BCUT2D eigenvalue weighted by Crippen LogP contribution is -2.34. The quantitative estimate of drug-likeness (QED) is 0.871. The number of hydrogen-bond acceptors (Lipinski definition) is 3. The third-order valence-corrected chi connectivity index (χ3v) is 5.33. The van der Waals surface area contributed by atoms with Gasteiger partial charge in [0.15, 0.2) is 0 Å². The molecule has 0 aliphatic carbocycles. The Bertz CT molecular complexity index is 469. The van der Waals surface area contributed by atoms with E-state index in [9.17, 15) is 4.79 Å². The van der Waals surface area contributed by atoms with Crippen molar-refractivity contribution in [2.75, 3.05) is 17.6 Å². The number of anilines is 1. The smallest absolute Gasteiger partial charge is 0.221 e. The van der Waals surface area contributed by atoms with Gasteiger partial charge in [0.05, 0.1) is 0 Å². The van der Waals surface area contributed by atoms with Crippen LogP contribution in [-0.4, -0.2) is 23.0 Å². The summed E-state index contributed by atoms with van der Waals surface area (Å²) < 4.78 is 0.378. The fourth-order valence-electron chi connectivity index (χ4n) is 2.55. The SMILES string of the molecule is CC(=O)Nc1cccc(C(C)NCC2(C)CCCS2)c1. The average Bonchev–Trinajstić information content (AvgIpc) is 2.83. The van der Waals surface area contributed by atoms with Crippen molar-refractivity contribution in [3.05, 3.63) is 29.8 Å². The van der Waals surface area contributed by atoms with Crippen LogP contribution in [0.25, 0.3) is 0 Å². The van der Waals surface area contributed by atoms with E-state index in [0.29, 0.717) is 10.8 Å². The normalized spacial score (nSPS) is 23.6. The van der Waals surface area contributed by atoms with E-state index in [0.717, 1.165) is 12.2 Å². The van der Waals surface area contributed by atoms with E-state index in [1.165, 1.54) is 31.1 Å². The summed E-state index contributed by atoms with van der Waals surface area (Å²) in [5.74, 6) is 1.25. The lowest BCUT2D eigenvalue weighted by molar-refractivity contribution is -0.114. The molecule has 2 atom stereocenters. The standard InChI is InChI=1S/C16H24N2OS/c1-12(17-11-16(3)8-5-9-20-16)14-6-4-7-15(10-14)18-13(2)19/h4,6-7,10,12,17H,5,8-9,11H2,1-3H3,(H,18,19). The lowest BCUT2D eigenvalue weighted by Gasteiger charge is -2.26. The van der Waals surface area contributed by atoms with Crippen LogP contribution in [0, 0.1) is 0 Å². The zero-order valence-electron chi connectivity index (χ0n) is 12.5. The maximum Gasteiger partial charge on any atom is 0.221 e. The van der Waals surface area contributed by atoms with Gasteiger partial charge < -0.3 is 10.6 Å². The van der Waals surface area contributed by atoms with Crippen LogP contribution in [0.4, 0.5) is 5.69 Å². The highest BCUT2D eigenvalue weighted by Gasteiger charge is 2.29. The van der Waals surface area contributed by atoms with Gasteiger partial charge in [-0.15, -0.1) is 0 Å². The number of amides is 1. The summed E-state index contributed by atoms with van der Waals surface area (Å²) in [4.78, 5) is 11.1. The van der Waals surface area contributed by atoms with Gasteiger partial charge in [0, 0.05) is 29.9 Å². The van der Waals surface area contributed by atoms with Crippen molar-refractivity contribution in [3.8, 4) is 0 Å². The molecule has 0 spiro atoms. The number of thioether (sulfide) groups is 1. The van der Waals surface area contributed by atoms with E-state index in [-0.39, 0.29) is 5.91 Å². The molecule has 3 nitrogen and oxygen atoms in total. The molecule has 0 bridgehead atoms. The van der Waals surface area contributed by atoms with Crippen LogP contribution in [0.2, 0.25) is 0 Å². The molecule has 0 radical (unpaired) electrons. The van der Waals surface area contributed by atoms with Crippen LogP contribution in [0.1, 0.15) is 45.2 Å². The van der Waals surface area contributed by atoms with Gasteiger partial charge in [-0.2, -0.15) is 11.8 Å². The molecule has 2 N–H and O–H groups in total. The molecule has 0 saturated carbocycles. The molecule has 20 heavy (non-hydrogen) atoms. The summed E-state index contributed by atoms with van der Waals surface area (Å²) >= 11 is 2.07. The van der Waals surface area contributed by atoms with Gasteiger partial charge in [0.25, 0.3) is 0 Å². The molecule has 1 aliphatic rings.